The van der Waals surface area contributed by atoms with Gasteiger partial charge in [0.25, 0.3) is 0 Å². The second-order valence-electron chi connectivity index (χ2n) is 6.50. The minimum atomic E-state index is -0.827. The molecule has 0 spiro atoms. The Morgan fingerprint density at radius 1 is 0.487 bits per heavy atom. The summed E-state index contributed by atoms with van der Waals surface area (Å²) in [5, 5.41) is 20.0. The van der Waals surface area contributed by atoms with Crippen molar-refractivity contribution in [2.24, 2.45) is 0 Å². The Kier molecular flexibility index (Phi) is 25.4. The van der Waals surface area contributed by atoms with E-state index in [-0.39, 0.29) is 65.6 Å². The average Bonchev–Trinajstić information content (AvgIpc) is 2.81. The van der Waals surface area contributed by atoms with E-state index in [1.165, 1.54) is 163 Å². The molecule has 17 heteroatoms. The van der Waals surface area contributed by atoms with Gasteiger partial charge in [0, 0.05) is 0 Å². The maximum absolute atomic E-state index is 12.9. The van der Waals surface area contributed by atoms with E-state index in [1.54, 1.807) is 0 Å². The van der Waals surface area contributed by atoms with Crippen molar-refractivity contribution in [3.05, 3.63) is 80.0 Å². The molecule has 0 atom stereocenters. The zero-order chi connectivity index (χ0) is 30.7. The van der Waals surface area contributed by atoms with Crippen LogP contribution in [0.25, 0.3) is 0 Å². The van der Waals surface area contributed by atoms with E-state index in [9.17, 15) is 46.1 Å². The number of hydrogen-bond donors (Lipinski definition) is 0. The van der Waals surface area contributed by atoms with Gasteiger partial charge in [0.2, 0.25) is 0 Å². The third kappa shape index (κ3) is 16.8. The van der Waals surface area contributed by atoms with Crippen LogP contribution >= 0.6 is 136 Å². The van der Waals surface area contributed by atoms with Crippen molar-refractivity contribution in [3.8, 4) is 0 Å². The molecule has 2 rings (SSSR count). The molecule has 220 valence electrons. The second-order valence-corrected chi connectivity index (χ2v) is 13.0. The Hall–Kier alpha value is 1.51. The fourth-order valence-electron chi connectivity index (χ4n) is 1.73. The van der Waals surface area contributed by atoms with Gasteiger partial charge in [0.1, 0.15) is 0 Å². The van der Waals surface area contributed by atoms with Crippen LogP contribution in [-0.4, -0.2) is 11.6 Å². The summed E-state index contributed by atoms with van der Waals surface area (Å²) >= 11 is 9.06. The third-order valence-electron chi connectivity index (χ3n) is 3.13. The number of halogens is 12. The maximum Gasteiger partial charge on any atom is 2.00 e. The molecule has 0 unspecified atom stereocenters. The molecule has 0 aliphatic rings. The molecule has 0 radical (unpaired) electrons. The normalized spacial score (nSPS) is 10.6. The molecular weight excluding hydrogens is 1400 g/mol. The number of allylic oxidation sites excluding steroid dienone is 4. The summed E-state index contributed by atoms with van der Waals surface area (Å²) in [6, 6.07) is 0. The Balaban J connectivity index is -0.000000455. The van der Waals surface area contributed by atoms with Crippen LogP contribution < -0.4 is 10.2 Å². The van der Waals surface area contributed by atoms with Crippen molar-refractivity contribution in [2.45, 2.75) is 27.7 Å². The van der Waals surface area contributed by atoms with Gasteiger partial charge in [0.15, 0.2) is 46.5 Å². The van der Waals surface area contributed by atoms with Gasteiger partial charge in [-0.3, -0.25) is 9.59 Å². The van der Waals surface area contributed by atoms with Crippen molar-refractivity contribution in [1.82, 2.24) is 0 Å². The number of rotatable bonds is 2. The Labute approximate surface area is 317 Å². The van der Waals surface area contributed by atoms with E-state index in [4.69, 9.17) is 0 Å². The molecule has 0 fully saturated rings. The Morgan fingerprint density at radius 3 is 0.667 bits per heavy atom. The Morgan fingerprint density at radius 2 is 0.615 bits per heavy atom. The average molecular weight is 1410 g/mol. The van der Waals surface area contributed by atoms with Crippen LogP contribution in [0.1, 0.15) is 27.7 Å². The van der Waals surface area contributed by atoms with Crippen LogP contribution in [0.2, 0.25) is 0 Å². The molecule has 39 heavy (non-hydrogen) atoms. The standard InChI is InChI=1S/2C6F3I3.2C5H8O2.Pt/c2*7-1-4(10)2(8)6(12)3(9)5(1)11;2*1-4(6)3-5(2)7;/h;;2*3,6H,1-2H3;/q;;;;+2/p-2/b;;2*4-3-;. The number of benzene rings is 2. The van der Waals surface area contributed by atoms with Gasteiger partial charge in [-0.05, 0) is 162 Å². The van der Waals surface area contributed by atoms with Crippen molar-refractivity contribution >= 4 is 147 Å². The van der Waals surface area contributed by atoms with Crippen LogP contribution in [0.5, 0.6) is 0 Å². The molecule has 0 saturated heterocycles. The molecular formula is C22H14F6I6O4Pt. The number of ketones is 2. The van der Waals surface area contributed by atoms with E-state index in [1.807, 2.05) is 0 Å². The molecule has 0 aliphatic carbocycles. The number of hydrogen-bond acceptors (Lipinski definition) is 4. The topological polar surface area (TPSA) is 80.3 Å². The van der Waals surface area contributed by atoms with E-state index < -0.39 is 34.9 Å². The first-order valence-corrected chi connectivity index (χ1v) is 15.7. The van der Waals surface area contributed by atoms with Crippen molar-refractivity contribution in [1.29, 1.82) is 0 Å². The smallest absolute Gasteiger partial charge is 0.876 e. The van der Waals surface area contributed by atoms with Crippen LogP contribution in [0.4, 0.5) is 26.3 Å². The second kappa shape index (κ2) is 22.1. The molecule has 0 amide bonds. The minimum absolute atomic E-state index is 0. The van der Waals surface area contributed by atoms with Crippen LogP contribution in [-0.2, 0) is 30.7 Å². The van der Waals surface area contributed by atoms with Crippen molar-refractivity contribution in [3.63, 3.8) is 0 Å². The largest absolute Gasteiger partial charge is 2.00 e. The zero-order valence-electron chi connectivity index (χ0n) is 19.6. The van der Waals surface area contributed by atoms with Crippen molar-refractivity contribution in [2.75, 3.05) is 0 Å². The summed E-state index contributed by atoms with van der Waals surface area (Å²) in [5.74, 6) is -5.71. The monoisotopic (exact) mass is 1410 g/mol. The van der Waals surface area contributed by atoms with Gasteiger partial charge in [-0.2, -0.15) is 0 Å². The van der Waals surface area contributed by atoms with E-state index in [0.717, 1.165) is 12.2 Å². The van der Waals surface area contributed by atoms with Crippen LogP contribution in [0.15, 0.2) is 23.7 Å². The third-order valence-corrected chi connectivity index (χ3v) is 8.81. The molecule has 2 aromatic rings. The Bertz CT molecular complexity index is 945. The molecule has 0 aliphatic heterocycles. The van der Waals surface area contributed by atoms with E-state index in [0.29, 0.717) is 0 Å². The molecule has 0 aromatic heterocycles. The van der Waals surface area contributed by atoms with E-state index in [2.05, 4.69) is 0 Å². The molecule has 0 bridgehead atoms. The molecule has 2 aromatic carbocycles. The first kappa shape index (κ1) is 44.9. The maximum atomic E-state index is 12.9. The summed E-state index contributed by atoms with van der Waals surface area (Å²) < 4.78 is 76.6. The summed E-state index contributed by atoms with van der Waals surface area (Å²) in [5.41, 5.74) is 0. The van der Waals surface area contributed by atoms with Gasteiger partial charge in [-0.1, -0.05) is 13.8 Å². The molecule has 0 heterocycles. The van der Waals surface area contributed by atoms with Crippen molar-refractivity contribution < 1.29 is 67.2 Å². The summed E-state index contributed by atoms with van der Waals surface area (Å²) in [7, 11) is 0. The molecule has 0 N–H and O–H groups in total. The zero-order valence-corrected chi connectivity index (χ0v) is 34.9. The van der Waals surface area contributed by atoms with Gasteiger partial charge >= 0.3 is 21.1 Å². The van der Waals surface area contributed by atoms with E-state index >= 15 is 0 Å². The van der Waals surface area contributed by atoms with Gasteiger partial charge in [-0.25, -0.2) is 26.3 Å². The SMILES string of the molecule is CC(=O)/C=C(/C)[O-].CC(=O)/C=C(/C)[O-].Fc1c(I)c(F)c(I)c(F)c1I.Fc1c(I)c(F)c(I)c(F)c1I.[Pt+2]. The van der Waals surface area contributed by atoms with Gasteiger partial charge in [-0.15, -0.1) is 11.5 Å². The van der Waals surface area contributed by atoms with Crippen LogP contribution in [0.3, 0.4) is 0 Å². The molecule has 4 nitrogen and oxygen atoms in total. The number of carbonyl (C=O) groups is 2. The summed E-state index contributed by atoms with van der Waals surface area (Å²) in [6.45, 7) is 5.39. The fraction of sp³-hybridized carbons (Fsp3) is 0.182. The minimum Gasteiger partial charge on any atom is -0.876 e. The predicted molar refractivity (Wildman–Crippen MR) is 178 cm³/mol. The fourth-order valence-corrected chi connectivity index (χ4v) is 8.06. The first-order valence-electron chi connectivity index (χ1n) is 9.24. The van der Waals surface area contributed by atoms with Gasteiger partial charge < -0.3 is 10.2 Å². The first-order chi connectivity index (χ1) is 17.2. The van der Waals surface area contributed by atoms with Gasteiger partial charge in [0.05, 0.1) is 21.4 Å². The number of carbonyl (C=O) groups excluding carboxylic acids is 2. The van der Waals surface area contributed by atoms with Crippen LogP contribution in [0, 0.1) is 56.3 Å². The predicted octanol–water partition coefficient (Wildman–Crippen LogP) is 7.51. The quantitative estimate of drug-likeness (QED) is 0.0780. The summed E-state index contributed by atoms with van der Waals surface area (Å²) in [6.07, 6.45) is 2.11. The summed E-state index contributed by atoms with van der Waals surface area (Å²) in [4.78, 5) is 20.0. The molecule has 0 saturated carbocycles.